The molecule has 0 bridgehead atoms. The number of ether oxygens (including phenoxy) is 1. The number of hydrogen-bond acceptors (Lipinski definition) is 2. The zero-order chi connectivity index (χ0) is 13.0. The van der Waals surface area contributed by atoms with Crippen LogP contribution in [0, 0.1) is 11.8 Å². The van der Waals surface area contributed by atoms with Crippen LogP contribution in [0.5, 0.6) is 0 Å². The average Bonchev–Trinajstić information content (AvgIpc) is 2.39. The van der Waals surface area contributed by atoms with E-state index in [4.69, 9.17) is 4.74 Å². The second-order valence-electron chi connectivity index (χ2n) is 6.02. The van der Waals surface area contributed by atoms with Gasteiger partial charge in [0, 0.05) is 17.5 Å². The lowest BCUT2D eigenvalue weighted by Gasteiger charge is -2.40. The molecule has 1 N–H and O–H groups in total. The summed E-state index contributed by atoms with van der Waals surface area (Å²) < 4.78 is 5.41. The molecule has 0 spiro atoms. The smallest absolute Gasteiger partial charge is 0.225 e. The molecule has 3 atom stereocenters. The van der Waals surface area contributed by atoms with Crippen LogP contribution < -0.4 is 5.32 Å². The fraction of sp³-hybridized carbons (Fsp3) is 0.929. The standard InChI is InChI=1S/C14H24BrNO2/c1-11-4-2-6-14(8-11,10-15)16-13(17)12-5-3-7-18-9-12/h11-12H,2-10H2,1H3,(H,16,17). The quantitative estimate of drug-likeness (QED) is 0.813. The maximum absolute atomic E-state index is 12.3. The molecular weight excluding hydrogens is 294 g/mol. The van der Waals surface area contributed by atoms with E-state index < -0.39 is 0 Å². The first kappa shape index (κ1) is 14.3. The molecule has 0 aromatic rings. The summed E-state index contributed by atoms with van der Waals surface area (Å²) in [6, 6.07) is 0. The topological polar surface area (TPSA) is 38.3 Å². The van der Waals surface area contributed by atoms with E-state index in [1.54, 1.807) is 0 Å². The number of carbonyl (C=O) groups excluding carboxylic acids is 1. The Kier molecular flexibility index (Phi) is 5.07. The molecule has 1 heterocycles. The molecule has 1 amide bonds. The first-order valence-corrected chi connectivity index (χ1v) is 8.23. The Bertz CT molecular complexity index is 292. The summed E-state index contributed by atoms with van der Waals surface area (Å²) >= 11 is 3.60. The van der Waals surface area contributed by atoms with E-state index in [1.807, 2.05) is 0 Å². The van der Waals surface area contributed by atoms with Gasteiger partial charge >= 0.3 is 0 Å². The van der Waals surface area contributed by atoms with Crippen molar-refractivity contribution in [3.63, 3.8) is 0 Å². The van der Waals surface area contributed by atoms with Crippen molar-refractivity contribution < 1.29 is 9.53 Å². The summed E-state index contributed by atoms with van der Waals surface area (Å²) in [5, 5.41) is 4.18. The van der Waals surface area contributed by atoms with Crippen LogP contribution in [0.3, 0.4) is 0 Å². The molecule has 0 radical (unpaired) electrons. The summed E-state index contributed by atoms with van der Waals surface area (Å²) in [6.07, 6.45) is 6.68. The van der Waals surface area contributed by atoms with Gasteiger partial charge in [0.1, 0.15) is 0 Å². The molecule has 2 fully saturated rings. The van der Waals surface area contributed by atoms with E-state index in [9.17, 15) is 4.79 Å². The molecule has 0 aromatic carbocycles. The van der Waals surface area contributed by atoms with E-state index in [2.05, 4.69) is 28.2 Å². The Hall–Kier alpha value is -0.0900. The van der Waals surface area contributed by atoms with Crippen molar-refractivity contribution in [2.24, 2.45) is 11.8 Å². The number of nitrogens with one attached hydrogen (secondary N) is 1. The maximum atomic E-state index is 12.3. The molecule has 0 aromatic heterocycles. The van der Waals surface area contributed by atoms with Crippen molar-refractivity contribution in [3.8, 4) is 0 Å². The molecule has 1 saturated heterocycles. The van der Waals surface area contributed by atoms with Crippen LogP contribution in [0.2, 0.25) is 0 Å². The molecule has 1 aliphatic carbocycles. The number of halogens is 1. The van der Waals surface area contributed by atoms with E-state index in [1.165, 1.54) is 12.8 Å². The first-order valence-electron chi connectivity index (χ1n) is 7.11. The fourth-order valence-corrected chi connectivity index (χ4v) is 3.89. The Morgan fingerprint density at radius 1 is 1.44 bits per heavy atom. The second-order valence-corrected chi connectivity index (χ2v) is 6.58. The van der Waals surface area contributed by atoms with Crippen LogP contribution in [0.1, 0.15) is 45.4 Å². The highest BCUT2D eigenvalue weighted by Gasteiger charge is 2.37. The van der Waals surface area contributed by atoms with Gasteiger partial charge in [-0.2, -0.15) is 0 Å². The number of rotatable bonds is 3. The lowest BCUT2D eigenvalue weighted by Crippen LogP contribution is -2.54. The molecule has 3 nitrogen and oxygen atoms in total. The van der Waals surface area contributed by atoms with Gasteiger partial charge in [-0.05, 0) is 31.6 Å². The number of hydrogen-bond donors (Lipinski definition) is 1. The summed E-state index contributed by atoms with van der Waals surface area (Å²) in [4.78, 5) is 12.3. The van der Waals surface area contributed by atoms with Crippen molar-refractivity contribution in [1.29, 1.82) is 0 Å². The molecule has 1 saturated carbocycles. The van der Waals surface area contributed by atoms with Crippen molar-refractivity contribution >= 4 is 21.8 Å². The molecular formula is C14H24BrNO2. The van der Waals surface area contributed by atoms with E-state index in [-0.39, 0.29) is 17.4 Å². The summed E-state index contributed by atoms with van der Waals surface area (Å²) in [5.41, 5.74) is -0.0216. The molecule has 1 aliphatic heterocycles. The Morgan fingerprint density at radius 3 is 2.89 bits per heavy atom. The SMILES string of the molecule is CC1CCCC(CBr)(NC(=O)C2CCCOC2)C1. The van der Waals surface area contributed by atoms with E-state index in [0.717, 1.165) is 37.6 Å². The number of amides is 1. The first-order chi connectivity index (χ1) is 8.65. The predicted octanol–water partition coefficient (Wildman–Crippen LogP) is 2.87. The van der Waals surface area contributed by atoms with Gasteiger partial charge in [-0.3, -0.25) is 4.79 Å². The van der Waals surface area contributed by atoms with Crippen LogP contribution >= 0.6 is 15.9 Å². The van der Waals surface area contributed by atoms with Gasteiger partial charge in [0.15, 0.2) is 0 Å². The normalized spacial score (nSPS) is 37.2. The van der Waals surface area contributed by atoms with Crippen molar-refractivity contribution in [2.75, 3.05) is 18.5 Å². The third-order valence-corrected chi connectivity index (χ3v) is 5.34. The van der Waals surface area contributed by atoms with Crippen molar-refractivity contribution in [1.82, 2.24) is 5.32 Å². The maximum Gasteiger partial charge on any atom is 0.225 e. The van der Waals surface area contributed by atoms with E-state index in [0.29, 0.717) is 12.5 Å². The monoisotopic (exact) mass is 317 g/mol. The third kappa shape index (κ3) is 3.47. The number of alkyl halides is 1. The van der Waals surface area contributed by atoms with Crippen LogP contribution in [-0.2, 0) is 9.53 Å². The molecule has 4 heteroatoms. The van der Waals surface area contributed by atoms with Gasteiger partial charge in [0.05, 0.1) is 12.5 Å². The molecule has 18 heavy (non-hydrogen) atoms. The summed E-state index contributed by atoms with van der Waals surface area (Å²) in [6.45, 7) is 3.69. The predicted molar refractivity (Wildman–Crippen MR) is 75.8 cm³/mol. The second kappa shape index (κ2) is 6.38. The average molecular weight is 318 g/mol. The van der Waals surface area contributed by atoms with Crippen LogP contribution in [0.15, 0.2) is 0 Å². The highest BCUT2D eigenvalue weighted by molar-refractivity contribution is 9.09. The van der Waals surface area contributed by atoms with Crippen molar-refractivity contribution in [3.05, 3.63) is 0 Å². The molecule has 104 valence electrons. The molecule has 3 unspecified atom stereocenters. The summed E-state index contributed by atoms with van der Waals surface area (Å²) in [5.74, 6) is 0.967. The Balaban J connectivity index is 1.94. The minimum atomic E-state index is -0.0216. The lowest BCUT2D eigenvalue weighted by atomic mass is 9.77. The third-order valence-electron chi connectivity index (χ3n) is 4.27. The highest BCUT2D eigenvalue weighted by atomic mass is 79.9. The molecule has 2 rings (SSSR count). The van der Waals surface area contributed by atoms with Gasteiger partial charge in [-0.1, -0.05) is 35.7 Å². The van der Waals surface area contributed by atoms with Crippen LogP contribution in [0.4, 0.5) is 0 Å². The highest BCUT2D eigenvalue weighted by Crippen LogP contribution is 2.34. The van der Waals surface area contributed by atoms with Gasteiger partial charge < -0.3 is 10.1 Å². The Labute approximate surface area is 118 Å². The zero-order valence-corrected chi connectivity index (χ0v) is 12.8. The van der Waals surface area contributed by atoms with Crippen molar-refractivity contribution in [2.45, 2.75) is 51.0 Å². The van der Waals surface area contributed by atoms with Gasteiger partial charge in [0.2, 0.25) is 5.91 Å². The van der Waals surface area contributed by atoms with Gasteiger partial charge in [0.25, 0.3) is 0 Å². The lowest BCUT2D eigenvalue weighted by molar-refractivity contribution is -0.131. The summed E-state index contributed by atoms with van der Waals surface area (Å²) in [7, 11) is 0. The minimum absolute atomic E-state index is 0.0216. The van der Waals surface area contributed by atoms with E-state index >= 15 is 0 Å². The van der Waals surface area contributed by atoms with Crippen LogP contribution in [-0.4, -0.2) is 30.0 Å². The number of carbonyl (C=O) groups is 1. The minimum Gasteiger partial charge on any atom is -0.381 e. The Morgan fingerprint density at radius 2 is 2.28 bits per heavy atom. The van der Waals surface area contributed by atoms with Gasteiger partial charge in [-0.25, -0.2) is 0 Å². The van der Waals surface area contributed by atoms with Crippen LogP contribution in [0.25, 0.3) is 0 Å². The molecule has 2 aliphatic rings. The fourth-order valence-electron chi connectivity index (χ4n) is 3.24. The zero-order valence-electron chi connectivity index (χ0n) is 11.2. The van der Waals surface area contributed by atoms with Gasteiger partial charge in [-0.15, -0.1) is 0 Å². The largest absolute Gasteiger partial charge is 0.381 e.